The van der Waals surface area contributed by atoms with Gasteiger partial charge in [-0.1, -0.05) is 6.07 Å². The van der Waals surface area contributed by atoms with Gasteiger partial charge in [-0.15, -0.1) is 0 Å². The zero-order valence-corrected chi connectivity index (χ0v) is 14.6. The van der Waals surface area contributed by atoms with Crippen molar-refractivity contribution < 1.29 is 14.2 Å². The molecule has 0 aromatic heterocycles. The fourth-order valence-corrected chi connectivity index (χ4v) is 1.93. The van der Waals surface area contributed by atoms with Crippen LogP contribution in [0.4, 0.5) is 0 Å². The van der Waals surface area contributed by atoms with Crippen molar-refractivity contribution in [3.63, 3.8) is 0 Å². The Labute approximate surface area is 139 Å². The largest absolute Gasteiger partial charge is 0.497 e. The van der Waals surface area contributed by atoms with Gasteiger partial charge < -0.3 is 24.8 Å². The highest BCUT2D eigenvalue weighted by molar-refractivity contribution is 5.79. The normalized spacial score (nSPS) is 12.6. The lowest BCUT2D eigenvalue weighted by Gasteiger charge is -2.15. The fraction of sp³-hybridized carbons (Fsp3) is 0.588. The number of ether oxygens (including phenoxy) is 3. The summed E-state index contributed by atoms with van der Waals surface area (Å²) in [5.74, 6) is 2.36. The van der Waals surface area contributed by atoms with Crippen LogP contribution in [0.5, 0.6) is 11.5 Å². The molecule has 0 radical (unpaired) electrons. The standard InChI is InChI=1S/C17H29N3O3/c1-5-18-17(19-10-7-11-21-3)20-13-14(2)23-16-9-6-8-15(12-16)22-4/h6,8-9,12,14H,5,7,10-11,13H2,1-4H3,(H2,18,19,20). The molecule has 0 fully saturated rings. The molecule has 1 atom stereocenters. The van der Waals surface area contributed by atoms with E-state index >= 15 is 0 Å². The van der Waals surface area contributed by atoms with E-state index in [-0.39, 0.29) is 6.10 Å². The quantitative estimate of drug-likeness (QED) is 0.392. The maximum absolute atomic E-state index is 5.87. The second-order valence-corrected chi connectivity index (χ2v) is 5.10. The number of rotatable bonds is 10. The van der Waals surface area contributed by atoms with Crippen LogP contribution < -0.4 is 20.1 Å². The van der Waals surface area contributed by atoms with Crippen molar-refractivity contribution in [3.05, 3.63) is 24.3 Å². The molecule has 1 rings (SSSR count). The van der Waals surface area contributed by atoms with Crippen LogP contribution in [-0.2, 0) is 4.74 Å². The molecule has 0 aliphatic rings. The number of nitrogens with zero attached hydrogens (tertiary/aromatic N) is 1. The molecule has 0 saturated carbocycles. The molecule has 6 heteroatoms. The fourth-order valence-electron chi connectivity index (χ4n) is 1.93. The number of guanidine groups is 1. The van der Waals surface area contributed by atoms with Crippen molar-refractivity contribution in [2.75, 3.05) is 40.5 Å². The third-order valence-electron chi connectivity index (χ3n) is 3.05. The first-order valence-corrected chi connectivity index (χ1v) is 8.01. The molecule has 0 aliphatic carbocycles. The SMILES string of the molecule is CCNC(=NCC(C)Oc1cccc(OC)c1)NCCCOC. The van der Waals surface area contributed by atoms with Gasteiger partial charge in [-0.05, 0) is 32.4 Å². The molecule has 2 N–H and O–H groups in total. The number of methoxy groups -OCH3 is 2. The minimum absolute atomic E-state index is 0.0310. The Hall–Kier alpha value is -1.95. The van der Waals surface area contributed by atoms with Gasteiger partial charge in [0.2, 0.25) is 0 Å². The van der Waals surface area contributed by atoms with Gasteiger partial charge in [-0.2, -0.15) is 0 Å². The lowest BCUT2D eigenvalue weighted by atomic mass is 10.3. The van der Waals surface area contributed by atoms with Crippen molar-refractivity contribution in [2.45, 2.75) is 26.4 Å². The predicted octanol–water partition coefficient (Wildman–Crippen LogP) is 2.05. The molecule has 0 heterocycles. The monoisotopic (exact) mass is 323 g/mol. The summed E-state index contributed by atoms with van der Waals surface area (Å²) >= 11 is 0. The summed E-state index contributed by atoms with van der Waals surface area (Å²) < 4.78 is 16.1. The van der Waals surface area contributed by atoms with Gasteiger partial charge in [-0.3, -0.25) is 0 Å². The second kappa shape index (κ2) is 11.6. The Balaban J connectivity index is 2.46. The zero-order valence-electron chi connectivity index (χ0n) is 14.6. The third kappa shape index (κ3) is 8.30. The van der Waals surface area contributed by atoms with Gasteiger partial charge in [-0.25, -0.2) is 4.99 Å². The van der Waals surface area contributed by atoms with Crippen LogP contribution in [0.1, 0.15) is 20.3 Å². The van der Waals surface area contributed by atoms with Gasteiger partial charge in [0.15, 0.2) is 5.96 Å². The average molecular weight is 323 g/mol. The maximum atomic E-state index is 5.87. The molecule has 6 nitrogen and oxygen atoms in total. The molecule has 1 unspecified atom stereocenters. The Kier molecular flexibility index (Phi) is 9.63. The lowest BCUT2D eigenvalue weighted by molar-refractivity contribution is 0.195. The minimum Gasteiger partial charge on any atom is -0.497 e. The number of benzene rings is 1. The number of hydrogen-bond donors (Lipinski definition) is 2. The van der Waals surface area contributed by atoms with Crippen LogP contribution in [0.2, 0.25) is 0 Å². The number of nitrogens with one attached hydrogen (secondary N) is 2. The Morgan fingerprint density at radius 1 is 1.22 bits per heavy atom. The molecule has 1 aromatic rings. The molecule has 0 amide bonds. The second-order valence-electron chi connectivity index (χ2n) is 5.10. The molecule has 0 saturated heterocycles. The minimum atomic E-state index is -0.0310. The third-order valence-corrected chi connectivity index (χ3v) is 3.05. The van der Waals surface area contributed by atoms with Crippen LogP contribution in [0.25, 0.3) is 0 Å². The van der Waals surface area contributed by atoms with E-state index in [0.717, 1.165) is 43.6 Å². The summed E-state index contributed by atoms with van der Waals surface area (Å²) in [5, 5.41) is 6.50. The Morgan fingerprint density at radius 2 is 2.00 bits per heavy atom. The van der Waals surface area contributed by atoms with Gasteiger partial charge in [0, 0.05) is 32.9 Å². The Bertz CT molecular complexity index is 466. The van der Waals surface area contributed by atoms with E-state index in [1.807, 2.05) is 38.1 Å². The van der Waals surface area contributed by atoms with Crippen LogP contribution in [0, 0.1) is 0 Å². The summed E-state index contributed by atoms with van der Waals surface area (Å²) in [7, 11) is 3.35. The molecule has 0 spiro atoms. The van der Waals surface area contributed by atoms with E-state index in [0.29, 0.717) is 6.54 Å². The number of aliphatic imine (C=N–C) groups is 1. The first-order valence-electron chi connectivity index (χ1n) is 8.01. The highest BCUT2D eigenvalue weighted by atomic mass is 16.5. The molecule has 0 aliphatic heterocycles. The van der Waals surface area contributed by atoms with E-state index in [4.69, 9.17) is 14.2 Å². The summed E-state index contributed by atoms with van der Waals surface area (Å²) in [6, 6.07) is 7.58. The molecule has 0 bridgehead atoms. The van der Waals surface area contributed by atoms with E-state index in [9.17, 15) is 0 Å². The predicted molar refractivity (Wildman–Crippen MR) is 93.6 cm³/mol. The summed E-state index contributed by atoms with van der Waals surface area (Å²) in [6.07, 6.45) is 0.910. The molecule has 1 aromatic carbocycles. The average Bonchev–Trinajstić information content (AvgIpc) is 2.56. The highest BCUT2D eigenvalue weighted by Gasteiger charge is 2.05. The molecular weight excluding hydrogens is 294 g/mol. The van der Waals surface area contributed by atoms with Crippen LogP contribution in [0.15, 0.2) is 29.3 Å². The van der Waals surface area contributed by atoms with Crippen molar-refractivity contribution in [3.8, 4) is 11.5 Å². The van der Waals surface area contributed by atoms with Crippen LogP contribution >= 0.6 is 0 Å². The summed E-state index contributed by atoms with van der Waals surface area (Å²) in [4.78, 5) is 4.55. The van der Waals surface area contributed by atoms with E-state index in [1.54, 1.807) is 14.2 Å². The van der Waals surface area contributed by atoms with Gasteiger partial charge >= 0.3 is 0 Å². The van der Waals surface area contributed by atoms with Crippen molar-refractivity contribution in [1.82, 2.24) is 10.6 Å². The number of hydrogen-bond acceptors (Lipinski definition) is 4. The Morgan fingerprint density at radius 3 is 2.70 bits per heavy atom. The van der Waals surface area contributed by atoms with E-state index < -0.39 is 0 Å². The van der Waals surface area contributed by atoms with E-state index in [1.165, 1.54) is 0 Å². The smallest absolute Gasteiger partial charge is 0.191 e. The van der Waals surface area contributed by atoms with E-state index in [2.05, 4.69) is 15.6 Å². The topological polar surface area (TPSA) is 64.1 Å². The van der Waals surface area contributed by atoms with Crippen molar-refractivity contribution in [1.29, 1.82) is 0 Å². The molecule has 23 heavy (non-hydrogen) atoms. The highest BCUT2D eigenvalue weighted by Crippen LogP contribution is 2.19. The molecular formula is C17H29N3O3. The lowest BCUT2D eigenvalue weighted by Crippen LogP contribution is -2.38. The first kappa shape index (κ1) is 19.1. The zero-order chi connectivity index (χ0) is 16.9. The van der Waals surface area contributed by atoms with Crippen LogP contribution in [0.3, 0.4) is 0 Å². The summed E-state index contributed by atoms with van der Waals surface area (Å²) in [5.41, 5.74) is 0. The van der Waals surface area contributed by atoms with Crippen molar-refractivity contribution >= 4 is 5.96 Å². The van der Waals surface area contributed by atoms with Gasteiger partial charge in [0.25, 0.3) is 0 Å². The maximum Gasteiger partial charge on any atom is 0.191 e. The molecule has 130 valence electrons. The summed E-state index contributed by atoms with van der Waals surface area (Å²) in [6.45, 7) is 6.99. The first-order chi connectivity index (χ1) is 11.2. The van der Waals surface area contributed by atoms with Crippen molar-refractivity contribution in [2.24, 2.45) is 4.99 Å². The van der Waals surface area contributed by atoms with Crippen LogP contribution in [-0.4, -0.2) is 52.5 Å². The van der Waals surface area contributed by atoms with Gasteiger partial charge in [0.05, 0.1) is 13.7 Å². The van der Waals surface area contributed by atoms with Gasteiger partial charge in [0.1, 0.15) is 17.6 Å².